The normalized spacial score (nSPS) is 18.0. The molecule has 0 spiro atoms. The van der Waals surface area contributed by atoms with Gasteiger partial charge in [-0.05, 0) is 46.7 Å². The van der Waals surface area contributed by atoms with Crippen molar-refractivity contribution in [1.29, 1.82) is 0 Å². The second kappa shape index (κ2) is 15.8. The topological polar surface area (TPSA) is 136 Å². The number of aromatic nitrogens is 3. The van der Waals surface area contributed by atoms with Crippen molar-refractivity contribution in [3.8, 4) is 11.1 Å². The summed E-state index contributed by atoms with van der Waals surface area (Å²) in [5.74, 6) is -0.230. The molecule has 3 atom stereocenters. The number of amides is 1. The Kier molecular flexibility index (Phi) is 11.4. The number of nitrogens with one attached hydrogen (secondary N) is 1. The number of aliphatic carboxylic acids is 1. The number of aryl methyl sites for hydroxylation is 1. The van der Waals surface area contributed by atoms with Gasteiger partial charge >= 0.3 is 5.97 Å². The number of benzene rings is 3. The van der Waals surface area contributed by atoms with Gasteiger partial charge in [0.05, 0.1) is 18.8 Å². The van der Waals surface area contributed by atoms with Gasteiger partial charge in [0, 0.05) is 44.2 Å². The summed E-state index contributed by atoms with van der Waals surface area (Å²) in [5, 5.41) is 30.1. The number of rotatable bonds is 14. The van der Waals surface area contributed by atoms with Gasteiger partial charge in [-0.25, -0.2) is 0 Å². The second-order valence-electron chi connectivity index (χ2n) is 11.1. The minimum atomic E-state index is -0.841. The molecule has 3 aromatic carbocycles. The van der Waals surface area contributed by atoms with Gasteiger partial charge in [-0.3, -0.25) is 9.59 Å². The zero-order valence-electron chi connectivity index (χ0n) is 25.2. The maximum Gasteiger partial charge on any atom is 0.303 e. The lowest BCUT2D eigenvalue weighted by Crippen LogP contribution is -2.31. The van der Waals surface area contributed by atoms with Gasteiger partial charge in [0.25, 0.3) is 0 Å². The number of unbranched alkanes of at least 4 members (excludes halogenated alkanes) is 1. The van der Waals surface area contributed by atoms with E-state index in [1.807, 2.05) is 78.3 Å². The highest BCUT2D eigenvalue weighted by molar-refractivity contribution is 7.99. The molecule has 0 aliphatic carbocycles. The summed E-state index contributed by atoms with van der Waals surface area (Å²) >= 11 is 1.60. The quantitative estimate of drug-likeness (QED) is 0.121. The number of ether oxygens (including phenoxy) is 2. The fraction of sp³-hybridized carbons (Fsp3) is 0.353. The third kappa shape index (κ3) is 9.24. The first-order chi connectivity index (χ1) is 21.9. The summed E-state index contributed by atoms with van der Waals surface area (Å²) in [7, 11) is 1.92. The Balaban J connectivity index is 1.24. The third-order valence-corrected chi connectivity index (χ3v) is 8.83. The Morgan fingerprint density at radius 2 is 1.71 bits per heavy atom. The number of nitrogens with zero attached hydrogens (tertiary/aromatic N) is 3. The second-order valence-corrected chi connectivity index (χ2v) is 12.1. The average Bonchev–Trinajstić information content (AvgIpc) is 3.49. The van der Waals surface area contributed by atoms with Crippen LogP contribution in [0.25, 0.3) is 11.1 Å². The maximum atomic E-state index is 12.2. The zero-order chi connectivity index (χ0) is 31.6. The van der Waals surface area contributed by atoms with E-state index in [1.54, 1.807) is 18.1 Å². The molecule has 1 aliphatic heterocycles. The molecule has 2 heterocycles. The summed E-state index contributed by atoms with van der Waals surface area (Å²) in [6, 6.07) is 24.0. The predicted molar refractivity (Wildman–Crippen MR) is 170 cm³/mol. The summed E-state index contributed by atoms with van der Waals surface area (Å²) in [6.45, 7) is 0.399. The average molecular weight is 631 g/mol. The number of aliphatic hydroxyl groups excluding tert-OH is 1. The van der Waals surface area contributed by atoms with Gasteiger partial charge < -0.3 is 29.6 Å². The highest BCUT2D eigenvalue weighted by Gasteiger charge is 2.32. The van der Waals surface area contributed by atoms with Crippen molar-refractivity contribution in [3.05, 3.63) is 101 Å². The van der Waals surface area contributed by atoms with Gasteiger partial charge in [-0.2, -0.15) is 0 Å². The van der Waals surface area contributed by atoms with E-state index in [-0.39, 0.29) is 31.1 Å². The highest BCUT2D eigenvalue weighted by Crippen LogP contribution is 2.39. The Labute approximate surface area is 266 Å². The van der Waals surface area contributed by atoms with Crippen LogP contribution in [0.2, 0.25) is 0 Å². The first-order valence-corrected chi connectivity index (χ1v) is 16.0. The van der Waals surface area contributed by atoms with Crippen LogP contribution in [0.4, 0.5) is 0 Å². The largest absolute Gasteiger partial charge is 0.481 e. The van der Waals surface area contributed by atoms with Crippen molar-refractivity contribution < 1.29 is 29.3 Å². The van der Waals surface area contributed by atoms with Crippen LogP contribution < -0.4 is 5.32 Å². The van der Waals surface area contributed by atoms with Crippen molar-refractivity contribution in [2.45, 2.75) is 68.9 Å². The van der Waals surface area contributed by atoms with Gasteiger partial charge in [0.1, 0.15) is 6.33 Å². The molecule has 11 heteroatoms. The van der Waals surface area contributed by atoms with E-state index in [9.17, 15) is 14.7 Å². The third-order valence-electron chi connectivity index (χ3n) is 7.66. The molecule has 1 fully saturated rings. The molecule has 1 saturated heterocycles. The molecular weight excluding hydrogens is 592 g/mol. The van der Waals surface area contributed by atoms with Crippen LogP contribution in [0, 0.1) is 0 Å². The van der Waals surface area contributed by atoms with Crippen molar-refractivity contribution in [2.24, 2.45) is 7.05 Å². The molecule has 0 unspecified atom stereocenters. The minimum absolute atomic E-state index is 0.00538. The Morgan fingerprint density at radius 1 is 0.956 bits per heavy atom. The first-order valence-electron chi connectivity index (χ1n) is 15.0. The summed E-state index contributed by atoms with van der Waals surface area (Å²) < 4.78 is 14.8. The SMILES string of the molecule is Cn1cnnc1SC[C@@H]1C[C@H](c2ccc(CO)cc2)O[C@H](c2ccc(-c3cccc(CNC(=O)CCCCC(=O)O)c3)cc2)O1. The molecule has 45 heavy (non-hydrogen) atoms. The van der Waals surface area contributed by atoms with Crippen LogP contribution in [0.15, 0.2) is 84.3 Å². The van der Waals surface area contributed by atoms with Crippen molar-refractivity contribution in [1.82, 2.24) is 20.1 Å². The first kappa shape index (κ1) is 32.4. The smallest absolute Gasteiger partial charge is 0.303 e. The summed E-state index contributed by atoms with van der Waals surface area (Å²) in [5.41, 5.74) is 5.84. The Hall–Kier alpha value is -4.03. The predicted octanol–water partition coefficient (Wildman–Crippen LogP) is 5.57. The molecule has 10 nitrogen and oxygen atoms in total. The van der Waals surface area contributed by atoms with Crippen molar-refractivity contribution in [3.63, 3.8) is 0 Å². The summed E-state index contributed by atoms with van der Waals surface area (Å²) in [4.78, 5) is 22.8. The van der Waals surface area contributed by atoms with E-state index in [2.05, 4.69) is 21.6 Å². The molecule has 0 bridgehead atoms. The zero-order valence-corrected chi connectivity index (χ0v) is 26.0. The van der Waals surface area contributed by atoms with E-state index in [0.29, 0.717) is 38.0 Å². The monoisotopic (exact) mass is 630 g/mol. The van der Waals surface area contributed by atoms with Crippen LogP contribution in [0.1, 0.15) is 66.8 Å². The molecule has 1 aliphatic rings. The molecular formula is C34H38N4O6S. The van der Waals surface area contributed by atoms with E-state index in [0.717, 1.165) is 38.5 Å². The molecule has 0 radical (unpaired) electrons. The van der Waals surface area contributed by atoms with Crippen LogP contribution in [-0.4, -0.2) is 48.7 Å². The number of aliphatic hydroxyl groups is 1. The number of carboxylic acids is 1. The minimum Gasteiger partial charge on any atom is -0.481 e. The molecule has 4 aromatic rings. The standard InChI is InChI=1S/C34H38N4O6S/c1-38-22-36-37-34(38)45-21-29-18-30(26-11-9-23(20-39)10-12-26)44-33(43-29)27-15-13-25(14-16-27)28-6-4-5-24(17-28)19-35-31(40)7-2-3-8-32(41)42/h4-6,9-17,22,29-30,33,39H,2-3,7-8,18-21H2,1H3,(H,35,40)(H,41,42)/t29-,30+,33+/m0/s1. The van der Waals surface area contributed by atoms with Crippen molar-refractivity contribution in [2.75, 3.05) is 5.75 Å². The lowest BCUT2D eigenvalue weighted by atomic mass is 9.99. The van der Waals surface area contributed by atoms with Crippen molar-refractivity contribution >= 4 is 23.6 Å². The maximum absolute atomic E-state index is 12.2. The molecule has 5 rings (SSSR count). The fourth-order valence-corrected chi connectivity index (χ4v) is 6.04. The van der Waals surface area contributed by atoms with Gasteiger partial charge in [-0.15, -0.1) is 10.2 Å². The fourth-order valence-electron chi connectivity index (χ4n) is 5.14. The van der Waals surface area contributed by atoms with Gasteiger partial charge in [-0.1, -0.05) is 78.5 Å². The van der Waals surface area contributed by atoms with Gasteiger partial charge in [0.2, 0.25) is 5.91 Å². The number of hydrogen-bond acceptors (Lipinski definition) is 8. The van der Waals surface area contributed by atoms with E-state index in [1.165, 1.54) is 0 Å². The van der Waals surface area contributed by atoms with Gasteiger partial charge in [0.15, 0.2) is 11.4 Å². The highest BCUT2D eigenvalue weighted by atomic mass is 32.2. The van der Waals surface area contributed by atoms with E-state index >= 15 is 0 Å². The lowest BCUT2D eigenvalue weighted by Gasteiger charge is -2.36. The molecule has 1 amide bonds. The number of carboxylic acid groups (broad SMARTS) is 1. The van der Waals surface area contributed by atoms with Crippen LogP contribution in [-0.2, 0) is 39.3 Å². The number of hydrogen-bond donors (Lipinski definition) is 3. The van der Waals surface area contributed by atoms with Crippen LogP contribution in [0.3, 0.4) is 0 Å². The van der Waals surface area contributed by atoms with Crippen LogP contribution >= 0.6 is 11.8 Å². The molecule has 1 aromatic heterocycles. The number of thioether (sulfide) groups is 1. The number of carbonyl (C=O) groups is 2. The Bertz CT molecular complexity index is 1560. The van der Waals surface area contributed by atoms with E-state index in [4.69, 9.17) is 14.6 Å². The molecule has 236 valence electrons. The summed E-state index contributed by atoms with van der Waals surface area (Å²) in [6.07, 6.45) is 2.99. The lowest BCUT2D eigenvalue weighted by molar-refractivity contribution is -0.245. The molecule has 0 saturated carbocycles. The van der Waals surface area contributed by atoms with E-state index < -0.39 is 12.3 Å². The number of carbonyl (C=O) groups excluding carboxylic acids is 1. The Morgan fingerprint density at radius 3 is 2.42 bits per heavy atom. The van der Waals surface area contributed by atoms with Crippen LogP contribution in [0.5, 0.6) is 0 Å². The molecule has 3 N–H and O–H groups in total.